The number of hydrogen-bond donors (Lipinski definition) is 3. The van der Waals surface area contributed by atoms with Gasteiger partial charge >= 0.3 is 6.09 Å². The van der Waals surface area contributed by atoms with Crippen molar-refractivity contribution < 1.29 is 41.8 Å². The van der Waals surface area contributed by atoms with Crippen LogP contribution >= 0.6 is 0 Å². The highest BCUT2D eigenvalue weighted by Crippen LogP contribution is 2.46. The molecule has 3 aliphatic heterocycles. The van der Waals surface area contributed by atoms with Crippen molar-refractivity contribution in [1.82, 2.24) is 25.2 Å². The Balaban J connectivity index is 1.19. The van der Waals surface area contributed by atoms with E-state index in [0.717, 1.165) is 23.7 Å². The summed E-state index contributed by atoms with van der Waals surface area (Å²) < 4.78 is 46.8. The number of amides is 4. The molecule has 14 nitrogen and oxygen atoms in total. The lowest BCUT2D eigenvalue weighted by atomic mass is 9.96. The predicted octanol–water partition coefficient (Wildman–Crippen LogP) is 4.62. The second kappa shape index (κ2) is 15.3. The van der Waals surface area contributed by atoms with Gasteiger partial charge in [-0.3, -0.25) is 19.1 Å². The summed E-state index contributed by atoms with van der Waals surface area (Å²) in [5.41, 5.74) is -0.142. The fourth-order valence-electron chi connectivity index (χ4n) is 7.88. The van der Waals surface area contributed by atoms with Gasteiger partial charge in [0, 0.05) is 28.8 Å². The van der Waals surface area contributed by atoms with Gasteiger partial charge < -0.3 is 29.7 Å². The number of nitrogens with zero attached hydrogens (tertiary/aromatic N) is 2. The molecule has 3 fully saturated rings. The fourth-order valence-corrected chi connectivity index (χ4v) is 9.25. The number of allylic oxidation sites excluding steroid dienone is 1. The number of sulfonamides is 1. The number of carbonyl (C=O) groups excluding carboxylic acids is 4. The Kier molecular flexibility index (Phi) is 10.4. The Morgan fingerprint density at radius 2 is 1.75 bits per heavy atom. The molecule has 15 heteroatoms. The molecule has 3 N–H and O–H groups in total. The van der Waals surface area contributed by atoms with E-state index in [1.54, 1.807) is 0 Å². The first-order chi connectivity index (χ1) is 27.3. The topological polar surface area (TPSA) is 182 Å². The van der Waals surface area contributed by atoms with Crippen LogP contribution in [0.5, 0.6) is 11.5 Å². The molecule has 0 spiro atoms. The molecule has 5 aliphatic rings. The lowest BCUT2D eigenvalue weighted by Crippen LogP contribution is -2.55. The fraction of sp³-hybridized carbons (Fsp3) is 0.500. The van der Waals surface area contributed by atoms with Crippen molar-refractivity contribution >= 4 is 44.7 Å². The maximum absolute atomic E-state index is 14.6. The molecule has 1 unspecified atom stereocenters. The molecule has 1 aromatic heterocycles. The molecule has 4 heterocycles. The number of benzene rings is 2. The summed E-state index contributed by atoms with van der Waals surface area (Å²) in [5, 5.41) is 5.93. The average molecular weight is 800 g/mol. The molecule has 2 aliphatic carbocycles. The molecular formula is C42H49N5O9S. The first-order valence-corrected chi connectivity index (χ1v) is 21.4. The Morgan fingerprint density at radius 3 is 2.58 bits per heavy atom. The second-order valence-electron chi connectivity index (χ2n) is 16.8. The molecule has 5 atom stereocenters. The van der Waals surface area contributed by atoms with Crippen LogP contribution in [-0.2, 0) is 29.1 Å². The van der Waals surface area contributed by atoms with Crippen LogP contribution in [0.15, 0.2) is 66.7 Å². The van der Waals surface area contributed by atoms with E-state index >= 15 is 0 Å². The van der Waals surface area contributed by atoms with Crippen LogP contribution in [-0.4, -0.2) is 91.4 Å². The summed E-state index contributed by atoms with van der Waals surface area (Å²) in [6.45, 7) is 4.02. The number of alkyl carbamates (subject to hydrolysis) is 1. The predicted molar refractivity (Wildman–Crippen MR) is 211 cm³/mol. The minimum Gasteiger partial charge on any atom is -0.493 e. The van der Waals surface area contributed by atoms with E-state index < -0.39 is 68.1 Å². The number of para-hydroxylation sites is 1. The van der Waals surface area contributed by atoms with Gasteiger partial charge in [0.2, 0.25) is 21.8 Å². The highest BCUT2D eigenvalue weighted by atomic mass is 32.2. The Labute approximate surface area is 332 Å². The third-order valence-corrected chi connectivity index (χ3v) is 13.3. The van der Waals surface area contributed by atoms with Gasteiger partial charge in [0.25, 0.3) is 5.91 Å². The normalized spacial score (nSPS) is 28.6. The molecule has 2 saturated carbocycles. The number of cyclic esters (lactones) is 1. The van der Waals surface area contributed by atoms with Gasteiger partial charge in [-0.1, -0.05) is 69.2 Å². The zero-order valence-corrected chi connectivity index (χ0v) is 33.0. The van der Waals surface area contributed by atoms with Gasteiger partial charge in [0.05, 0.1) is 29.8 Å². The summed E-state index contributed by atoms with van der Waals surface area (Å²) in [6, 6.07) is 15.9. The third kappa shape index (κ3) is 8.44. The molecule has 1 saturated heterocycles. The summed E-state index contributed by atoms with van der Waals surface area (Å²) in [7, 11) is -3.89. The van der Waals surface area contributed by atoms with Crippen LogP contribution in [0.1, 0.15) is 65.2 Å². The number of fused-ring (bicyclic) bond motifs is 10. The minimum atomic E-state index is -3.89. The number of ether oxygens (including phenoxy) is 3. The molecule has 2 aromatic carbocycles. The highest BCUT2D eigenvalue weighted by Gasteiger charge is 2.62. The molecule has 302 valence electrons. The van der Waals surface area contributed by atoms with Crippen molar-refractivity contribution in [1.29, 1.82) is 0 Å². The second-order valence-corrected chi connectivity index (χ2v) is 18.8. The number of hydrogen-bond acceptors (Lipinski definition) is 10. The van der Waals surface area contributed by atoms with E-state index in [1.807, 2.05) is 80.6 Å². The zero-order chi connectivity index (χ0) is 40.0. The standard InChI is InChI=1S/C42H49N5O9S/c1-41(2)24-54-29-14-10-12-27(19-29)36-34(20-26-11-8-9-15-32(26)43-36)56-35-23-47-22-31(35)37(48)45-42(39(50)46-57(52,53)30-17-18-30)21-28(42)13-6-4-3-5-7-16-33(38(47)49)44-40(51)55-25-41/h6,8-15,19-20,28,30-31,33,35H,3-5,7,16-18,21-25H2,1-2H3,(H,44,51)(H,45,48)(H,46,50)/b13-6+/t28-,31?,33+,35+,42-/m1/s1. The van der Waals surface area contributed by atoms with Crippen LogP contribution in [0.2, 0.25) is 0 Å². The van der Waals surface area contributed by atoms with Crippen LogP contribution in [0.4, 0.5) is 4.79 Å². The zero-order valence-electron chi connectivity index (χ0n) is 32.2. The van der Waals surface area contributed by atoms with E-state index in [0.29, 0.717) is 54.9 Å². The van der Waals surface area contributed by atoms with Crippen LogP contribution in [0, 0.1) is 17.3 Å². The maximum Gasteiger partial charge on any atom is 0.407 e. The Morgan fingerprint density at radius 1 is 0.947 bits per heavy atom. The largest absolute Gasteiger partial charge is 0.493 e. The van der Waals surface area contributed by atoms with Gasteiger partial charge in [-0.25, -0.2) is 18.2 Å². The van der Waals surface area contributed by atoms with Crippen molar-refractivity contribution in [3.63, 3.8) is 0 Å². The number of aromatic nitrogens is 1. The molecule has 4 amide bonds. The Hall–Kier alpha value is -5.18. The maximum atomic E-state index is 14.6. The van der Waals surface area contributed by atoms with Crippen molar-refractivity contribution in [2.45, 2.75) is 88.1 Å². The van der Waals surface area contributed by atoms with Crippen molar-refractivity contribution in [3.8, 4) is 22.8 Å². The molecule has 8 rings (SSSR count). The highest BCUT2D eigenvalue weighted by molar-refractivity contribution is 7.91. The number of nitrogens with one attached hydrogen (secondary N) is 3. The van der Waals surface area contributed by atoms with E-state index in [1.165, 1.54) is 4.90 Å². The van der Waals surface area contributed by atoms with Gasteiger partial charge in [0.15, 0.2) is 0 Å². The van der Waals surface area contributed by atoms with Crippen LogP contribution < -0.4 is 24.8 Å². The van der Waals surface area contributed by atoms with Crippen molar-refractivity contribution in [2.24, 2.45) is 17.3 Å². The quantitative estimate of drug-likeness (QED) is 0.316. The number of carbonyl (C=O) groups is 4. The molecule has 3 aromatic rings. The summed E-state index contributed by atoms with van der Waals surface area (Å²) in [5.74, 6) is -2.17. The van der Waals surface area contributed by atoms with Gasteiger partial charge in [-0.05, 0) is 62.8 Å². The summed E-state index contributed by atoms with van der Waals surface area (Å²) >= 11 is 0. The molecule has 57 heavy (non-hydrogen) atoms. The van der Waals surface area contributed by atoms with Crippen LogP contribution in [0.3, 0.4) is 0 Å². The van der Waals surface area contributed by atoms with E-state index in [4.69, 9.17) is 19.2 Å². The van der Waals surface area contributed by atoms with Crippen molar-refractivity contribution in [3.05, 3.63) is 66.7 Å². The van der Waals surface area contributed by atoms with Gasteiger partial charge in [-0.2, -0.15) is 0 Å². The molecular weight excluding hydrogens is 751 g/mol. The lowest BCUT2D eigenvalue weighted by Gasteiger charge is -2.27. The monoisotopic (exact) mass is 799 g/mol. The van der Waals surface area contributed by atoms with Crippen molar-refractivity contribution in [2.75, 3.05) is 26.3 Å². The number of pyridine rings is 1. The lowest BCUT2D eigenvalue weighted by molar-refractivity contribution is -0.134. The first-order valence-electron chi connectivity index (χ1n) is 19.9. The number of rotatable bonds is 3. The van der Waals surface area contributed by atoms with Crippen LogP contribution in [0.25, 0.3) is 22.2 Å². The minimum absolute atomic E-state index is 0.00875. The van der Waals surface area contributed by atoms with Gasteiger partial charge in [0.1, 0.15) is 41.5 Å². The SMILES string of the molecule is CC1(C)COC(=O)N[C@H]2CCCCC/C=C/[C@@H]3C[C@@]3(C(=O)NS(=O)(=O)C3CC3)NC(=O)C3CN(C[C@@H]3Oc3cc4ccccc4nc3-c3cccc(c3)OC1)C2=O. The van der Waals surface area contributed by atoms with E-state index in [2.05, 4.69) is 15.4 Å². The molecule has 0 radical (unpaired) electrons. The average Bonchev–Trinajstić information content (AvgIpc) is 4.11. The smallest absolute Gasteiger partial charge is 0.407 e. The van der Waals surface area contributed by atoms with Gasteiger partial charge in [-0.15, -0.1) is 0 Å². The summed E-state index contributed by atoms with van der Waals surface area (Å²) in [6.07, 6.45) is 6.61. The molecule has 6 bridgehead atoms. The first kappa shape index (κ1) is 38.7. The van der Waals surface area contributed by atoms with E-state index in [9.17, 15) is 27.6 Å². The van der Waals surface area contributed by atoms with E-state index in [-0.39, 0.29) is 38.6 Å². The summed E-state index contributed by atoms with van der Waals surface area (Å²) in [4.78, 5) is 62.7. The third-order valence-electron chi connectivity index (χ3n) is 11.5. The Bertz CT molecular complexity index is 2220.